The van der Waals surface area contributed by atoms with E-state index in [1.54, 1.807) is 6.92 Å². The second kappa shape index (κ2) is 6.55. The van der Waals surface area contributed by atoms with E-state index in [9.17, 15) is 25.4 Å². The molecule has 0 amide bonds. The first kappa shape index (κ1) is 16.6. The Morgan fingerprint density at radius 1 is 1.27 bits per heavy atom. The number of aryl methyl sites for hydroxylation is 1. The SMILES string of the molecule is Cc1cc([N+](=O)[O-])ccc1N[C@@H]1O[C@H](CO)[C@H](O)[C@@H](O)[C@@H]1O. The summed E-state index contributed by atoms with van der Waals surface area (Å²) in [5, 5.41) is 52.0. The molecule has 9 nitrogen and oxygen atoms in total. The number of nitro groups is 1. The summed E-state index contributed by atoms with van der Waals surface area (Å²) in [6.07, 6.45) is -6.44. The highest BCUT2D eigenvalue weighted by atomic mass is 16.6. The Morgan fingerprint density at radius 3 is 2.50 bits per heavy atom. The first-order chi connectivity index (χ1) is 10.3. The van der Waals surface area contributed by atoms with Crippen LogP contribution in [0.5, 0.6) is 0 Å². The lowest BCUT2D eigenvalue weighted by Crippen LogP contribution is -2.60. The summed E-state index contributed by atoms with van der Waals surface area (Å²) in [4.78, 5) is 10.2. The van der Waals surface area contributed by atoms with Gasteiger partial charge in [-0.2, -0.15) is 0 Å². The third-order valence-corrected chi connectivity index (χ3v) is 3.61. The summed E-state index contributed by atoms with van der Waals surface area (Å²) in [5.74, 6) is 0. The molecule has 0 unspecified atom stereocenters. The Hall–Kier alpha value is -1.78. The van der Waals surface area contributed by atoms with E-state index < -0.39 is 42.2 Å². The molecular weight excluding hydrogens is 296 g/mol. The molecule has 22 heavy (non-hydrogen) atoms. The maximum Gasteiger partial charge on any atom is 0.269 e. The third kappa shape index (κ3) is 3.18. The van der Waals surface area contributed by atoms with Gasteiger partial charge < -0.3 is 30.5 Å². The van der Waals surface area contributed by atoms with Crippen LogP contribution < -0.4 is 5.32 Å². The zero-order chi connectivity index (χ0) is 16.4. The summed E-state index contributed by atoms with van der Waals surface area (Å²) in [7, 11) is 0. The molecule has 0 bridgehead atoms. The number of nitro benzene ring substituents is 1. The second-order valence-corrected chi connectivity index (χ2v) is 5.15. The summed E-state index contributed by atoms with van der Waals surface area (Å²) in [5.41, 5.74) is 0.943. The molecule has 0 aromatic heterocycles. The molecule has 1 aliphatic rings. The Bertz CT molecular complexity index is 551. The normalized spacial score (nSPS) is 31.8. The number of nitrogens with zero attached hydrogens (tertiary/aromatic N) is 1. The van der Waals surface area contributed by atoms with Crippen molar-refractivity contribution in [1.29, 1.82) is 0 Å². The number of hydrogen-bond acceptors (Lipinski definition) is 8. The molecule has 122 valence electrons. The number of rotatable bonds is 4. The van der Waals surface area contributed by atoms with Gasteiger partial charge in [0.05, 0.1) is 11.5 Å². The average Bonchev–Trinajstić information content (AvgIpc) is 2.49. The van der Waals surface area contributed by atoms with Crippen molar-refractivity contribution in [2.45, 2.75) is 37.6 Å². The smallest absolute Gasteiger partial charge is 0.269 e. The van der Waals surface area contributed by atoms with Crippen LogP contribution in [0.1, 0.15) is 5.56 Å². The van der Waals surface area contributed by atoms with Crippen molar-refractivity contribution >= 4 is 11.4 Å². The van der Waals surface area contributed by atoms with E-state index >= 15 is 0 Å². The minimum Gasteiger partial charge on any atom is -0.394 e. The highest BCUT2D eigenvalue weighted by Gasteiger charge is 2.43. The number of ether oxygens (including phenoxy) is 1. The molecule has 1 aliphatic heterocycles. The third-order valence-electron chi connectivity index (χ3n) is 3.61. The molecule has 2 rings (SSSR count). The topological polar surface area (TPSA) is 145 Å². The van der Waals surface area contributed by atoms with Crippen molar-refractivity contribution in [3.63, 3.8) is 0 Å². The van der Waals surface area contributed by atoms with Gasteiger partial charge >= 0.3 is 0 Å². The van der Waals surface area contributed by atoms with Crippen LogP contribution in [-0.4, -0.2) is 62.6 Å². The fourth-order valence-electron chi connectivity index (χ4n) is 2.30. The number of benzene rings is 1. The first-order valence-electron chi connectivity index (χ1n) is 6.67. The molecule has 0 saturated carbocycles. The number of aliphatic hydroxyl groups excluding tert-OH is 4. The Kier molecular flexibility index (Phi) is 4.94. The molecule has 1 fully saturated rings. The summed E-state index contributed by atoms with van der Waals surface area (Å²) < 4.78 is 5.31. The van der Waals surface area contributed by atoms with E-state index in [2.05, 4.69) is 5.32 Å². The van der Waals surface area contributed by atoms with Gasteiger partial charge in [-0.25, -0.2) is 0 Å². The quantitative estimate of drug-likeness (QED) is 0.355. The molecule has 1 aromatic rings. The molecule has 9 heteroatoms. The van der Waals surface area contributed by atoms with Crippen LogP contribution in [0, 0.1) is 17.0 Å². The molecule has 0 radical (unpaired) electrons. The average molecular weight is 314 g/mol. The molecule has 1 saturated heterocycles. The van der Waals surface area contributed by atoms with E-state index in [4.69, 9.17) is 9.84 Å². The van der Waals surface area contributed by atoms with Gasteiger partial charge in [-0.05, 0) is 18.6 Å². The minimum atomic E-state index is -1.48. The molecule has 1 heterocycles. The van der Waals surface area contributed by atoms with Gasteiger partial charge in [0, 0.05) is 17.8 Å². The molecule has 1 aromatic carbocycles. The second-order valence-electron chi connectivity index (χ2n) is 5.15. The van der Waals surface area contributed by atoms with Crippen LogP contribution in [0.3, 0.4) is 0 Å². The monoisotopic (exact) mass is 314 g/mol. The zero-order valence-corrected chi connectivity index (χ0v) is 11.8. The lowest BCUT2D eigenvalue weighted by molar-refractivity contribution is -0.384. The molecular formula is C13H18N2O7. The summed E-state index contributed by atoms with van der Waals surface area (Å²) in [6.45, 7) is 1.11. The van der Waals surface area contributed by atoms with E-state index in [1.807, 2.05) is 0 Å². The van der Waals surface area contributed by atoms with Gasteiger partial charge in [0.25, 0.3) is 5.69 Å². The molecule has 0 spiro atoms. The van der Waals surface area contributed by atoms with Gasteiger partial charge in [0.15, 0.2) is 6.23 Å². The Morgan fingerprint density at radius 2 is 1.95 bits per heavy atom. The Balaban J connectivity index is 2.17. The summed E-state index contributed by atoms with van der Waals surface area (Å²) in [6, 6.07) is 4.10. The van der Waals surface area contributed by atoms with Gasteiger partial charge in [0.2, 0.25) is 0 Å². The maximum atomic E-state index is 10.7. The maximum absolute atomic E-state index is 10.7. The van der Waals surface area contributed by atoms with E-state index in [0.29, 0.717) is 11.3 Å². The van der Waals surface area contributed by atoms with Crippen molar-refractivity contribution in [1.82, 2.24) is 0 Å². The number of aliphatic hydroxyl groups is 4. The van der Waals surface area contributed by atoms with Crippen molar-refractivity contribution in [2.75, 3.05) is 11.9 Å². The predicted octanol–water partition coefficient (Wildman–Crippen LogP) is -0.885. The fourth-order valence-corrected chi connectivity index (χ4v) is 2.30. The van der Waals surface area contributed by atoms with Crippen LogP contribution >= 0.6 is 0 Å². The number of anilines is 1. The van der Waals surface area contributed by atoms with Crippen molar-refractivity contribution in [3.05, 3.63) is 33.9 Å². The van der Waals surface area contributed by atoms with Gasteiger partial charge in [-0.1, -0.05) is 0 Å². The fraction of sp³-hybridized carbons (Fsp3) is 0.538. The molecule has 0 aliphatic carbocycles. The van der Waals surface area contributed by atoms with Gasteiger partial charge in [0.1, 0.15) is 24.4 Å². The van der Waals surface area contributed by atoms with Crippen molar-refractivity contribution < 1.29 is 30.1 Å². The minimum absolute atomic E-state index is 0.0724. The predicted molar refractivity (Wildman–Crippen MR) is 75.2 cm³/mol. The van der Waals surface area contributed by atoms with Crippen LogP contribution in [0.25, 0.3) is 0 Å². The molecule has 5 N–H and O–H groups in total. The van der Waals surface area contributed by atoms with Crippen LogP contribution in [-0.2, 0) is 4.74 Å². The van der Waals surface area contributed by atoms with Crippen LogP contribution in [0.4, 0.5) is 11.4 Å². The lowest BCUT2D eigenvalue weighted by Gasteiger charge is -2.40. The largest absolute Gasteiger partial charge is 0.394 e. The number of non-ortho nitro benzene ring substituents is 1. The number of nitrogens with one attached hydrogen (secondary N) is 1. The molecule has 5 atom stereocenters. The van der Waals surface area contributed by atoms with E-state index in [-0.39, 0.29) is 5.69 Å². The highest BCUT2D eigenvalue weighted by Crippen LogP contribution is 2.26. The first-order valence-corrected chi connectivity index (χ1v) is 6.67. The standard InChI is InChI=1S/C13H18N2O7/c1-6-4-7(15(20)21)2-3-8(6)14-13-12(19)11(18)10(17)9(5-16)22-13/h2-4,9-14,16-19H,5H2,1H3/t9-,10+,11-,12+,13-/m1/s1. The van der Waals surface area contributed by atoms with Crippen LogP contribution in [0.2, 0.25) is 0 Å². The van der Waals surface area contributed by atoms with E-state index in [0.717, 1.165) is 0 Å². The zero-order valence-electron chi connectivity index (χ0n) is 11.8. The van der Waals surface area contributed by atoms with Crippen LogP contribution in [0.15, 0.2) is 18.2 Å². The lowest BCUT2D eigenvalue weighted by atomic mass is 9.98. The Labute approximate surface area is 125 Å². The van der Waals surface area contributed by atoms with Gasteiger partial charge in [-0.15, -0.1) is 0 Å². The highest BCUT2D eigenvalue weighted by molar-refractivity contribution is 5.55. The van der Waals surface area contributed by atoms with Crippen molar-refractivity contribution in [2.24, 2.45) is 0 Å². The number of hydrogen-bond donors (Lipinski definition) is 5. The van der Waals surface area contributed by atoms with Gasteiger partial charge in [-0.3, -0.25) is 10.1 Å². The van der Waals surface area contributed by atoms with Crippen molar-refractivity contribution in [3.8, 4) is 0 Å². The summed E-state index contributed by atoms with van der Waals surface area (Å²) >= 11 is 0. The van der Waals surface area contributed by atoms with E-state index in [1.165, 1.54) is 18.2 Å².